The lowest BCUT2D eigenvalue weighted by molar-refractivity contribution is -0.123. The predicted molar refractivity (Wildman–Crippen MR) is 73.5 cm³/mol. The van der Waals surface area contributed by atoms with Gasteiger partial charge in [0.05, 0.1) is 4.47 Å². The molecule has 1 rings (SSSR count). The van der Waals surface area contributed by atoms with Crippen molar-refractivity contribution in [3.05, 3.63) is 28.5 Å². The molecule has 0 saturated heterocycles. The van der Waals surface area contributed by atoms with Crippen molar-refractivity contribution in [3.8, 4) is 5.75 Å². The van der Waals surface area contributed by atoms with E-state index in [1.807, 2.05) is 6.92 Å². The average Bonchev–Trinajstić information content (AvgIpc) is 2.35. The maximum absolute atomic E-state index is 12.8. The van der Waals surface area contributed by atoms with Crippen molar-refractivity contribution >= 4 is 21.8 Å². The lowest BCUT2D eigenvalue weighted by Gasteiger charge is -2.12. The number of nitrogens with one attached hydrogen (secondary N) is 1. The van der Waals surface area contributed by atoms with Crippen LogP contribution in [-0.4, -0.2) is 30.8 Å². The summed E-state index contributed by atoms with van der Waals surface area (Å²) in [5, 5.41) is 11.4. The van der Waals surface area contributed by atoms with Gasteiger partial charge in [-0.05, 0) is 46.5 Å². The Balaban J connectivity index is 2.33. The fraction of sp³-hybridized carbons (Fsp3) is 0.462. The van der Waals surface area contributed by atoms with Gasteiger partial charge in [0.1, 0.15) is 11.6 Å². The largest absolute Gasteiger partial charge is 0.483 e. The molecule has 1 amide bonds. The van der Waals surface area contributed by atoms with Gasteiger partial charge in [0.2, 0.25) is 0 Å². The molecule has 1 aromatic carbocycles. The molecule has 1 unspecified atom stereocenters. The van der Waals surface area contributed by atoms with Crippen LogP contribution in [0.4, 0.5) is 4.39 Å². The van der Waals surface area contributed by atoms with Gasteiger partial charge < -0.3 is 15.2 Å². The first-order valence-electron chi connectivity index (χ1n) is 5.98. The highest BCUT2D eigenvalue weighted by molar-refractivity contribution is 9.10. The summed E-state index contributed by atoms with van der Waals surface area (Å²) < 4.78 is 18.6. The van der Waals surface area contributed by atoms with Gasteiger partial charge in [0.15, 0.2) is 6.61 Å². The highest BCUT2D eigenvalue weighted by Gasteiger charge is 2.08. The molecule has 0 aliphatic heterocycles. The molecular weight excluding hydrogens is 317 g/mol. The van der Waals surface area contributed by atoms with Gasteiger partial charge in [-0.25, -0.2) is 4.39 Å². The molecule has 4 nitrogen and oxygen atoms in total. The zero-order chi connectivity index (χ0) is 14.3. The van der Waals surface area contributed by atoms with Crippen LogP contribution < -0.4 is 10.1 Å². The fourth-order valence-corrected chi connectivity index (χ4v) is 1.86. The highest BCUT2D eigenvalue weighted by Crippen LogP contribution is 2.25. The number of benzene rings is 1. The zero-order valence-electron chi connectivity index (χ0n) is 10.7. The van der Waals surface area contributed by atoms with Gasteiger partial charge in [-0.2, -0.15) is 0 Å². The second kappa shape index (κ2) is 8.12. The molecule has 19 heavy (non-hydrogen) atoms. The Kier molecular flexibility index (Phi) is 6.80. The topological polar surface area (TPSA) is 58.6 Å². The van der Waals surface area contributed by atoms with Crippen molar-refractivity contribution in [2.24, 2.45) is 5.92 Å². The molecule has 1 aromatic rings. The second-order valence-electron chi connectivity index (χ2n) is 4.28. The Morgan fingerprint density at radius 3 is 2.95 bits per heavy atom. The molecule has 0 fully saturated rings. The van der Waals surface area contributed by atoms with Crippen molar-refractivity contribution in [1.29, 1.82) is 0 Å². The number of hydrogen-bond donors (Lipinski definition) is 2. The van der Waals surface area contributed by atoms with E-state index in [1.165, 1.54) is 18.2 Å². The lowest BCUT2D eigenvalue weighted by Crippen LogP contribution is -2.32. The molecule has 0 radical (unpaired) electrons. The number of hydrogen-bond acceptors (Lipinski definition) is 3. The highest BCUT2D eigenvalue weighted by atomic mass is 79.9. The van der Waals surface area contributed by atoms with Crippen LogP contribution in [0.3, 0.4) is 0 Å². The van der Waals surface area contributed by atoms with Gasteiger partial charge in [0.25, 0.3) is 5.91 Å². The van der Waals surface area contributed by atoms with Crippen LogP contribution in [-0.2, 0) is 4.79 Å². The van der Waals surface area contributed by atoms with Crippen LogP contribution in [0.15, 0.2) is 22.7 Å². The molecule has 0 aliphatic rings. The van der Waals surface area contributed by atoms with Crippen molar-refractivity contribution in [2.75, 3.05) is 19.8 Å². The van der Waals surface area contributed by atoms with Crippen LogP contribution in [0.2, 0.25) is 0 Å². The van der Waals surface area contributed by atoms with Crippen LogP contribution in [0.1, 0.15) is 13.3 Å². The third-order valence-corrected chi connectivity index (χ3v) is 3.14. The number of carbonyl (C=O) groups is 1. The molecule has 2 N–H and O–H groups in total. The van der Waals surface area contributed by atoms with Crippen molar-refractivity contribution in [3.63, 3.8) is 0 Å². The van der Waals surface area contributed by atoms with Crippen LogP contribution in [0.25, 0.3) is 0 Å². The summed E-state index contributed by atoms with van der Waals surface area (Å²) in [5.74, 6) is 0.00832. The minimum Gasteiger partial charge on any atom is -0.483 e. The SMILES string of the molecule is CC(CCO)CNC(=O)COc1ccc(F)cc1Br. The Bertz CT molecular complexity index is 428. The first kappa shape index (κ1) is 15.9. The van der Waals surface area contributed by atoms with Gasteiger partial charge >= 0.3 is 0 Å². The van der Waals surface area contributed by atoms with E-state index in [9.17, 15) is 9.18 Å². The van der Waals surface area contributed by atoms with E-state index in [4.69, 9.17) is 9.84 Å². The van der Waals surface area contributed by atoms with E-state index in [-0.39, 0.29) is 30.9 Å². The maximum atomic E-state index is 12.8. The van der Waals surface area contributed by atoms with E-state index >= 15 is 0 Å². The van der Waals surface area contributed by atoms with E-state index in [1.54, 1.807) is 0 Å². The lowest BCUT2D eigenvalue weighted by atomic mass is 10.1. The molecule has 0 saturated carbocycles. The first-order valence-corrected chi connectivity index (χ1v) is 6.77. The third-order valence-electron chi connectivity index (χ3n) is 2.52. The number of ether oxygens (including phenoxy) is 1. The smallest absolute Gasteiger partial charge is 0.257 e. The number of carbonyl (C=O) groups excluding carboxylic acids is 1. The molecule has 0 aromatic heterocycles. The number of rotatable bonds is 7. The summed E-state index contributed by atoms with van der Waals surface area (Å²) in [5.41, 5.74) is 0. The first-order chi connectivity index (χ1) is 9.02. The molecule has 1 atom stereocenters. The van der Waals surface area contributed by atoms with E-state index in [2.05, 4.69) is 21.2 Å². The summed E-state index contributed by atoms with van der Waals surface area (Å²) in [6.07, 6.45) is 0.643. The van der Waals surface area contributed by atoms with Crippen molar-refractivity contribution < 1.29 is 19.0 Å². The van der Waals surface area contributed by atoms with Crippen LogP contribution in [0, 0.1) is 11.7 Å². The predicted octanol–water partition coefficient (Wildman–Crippen LogP) is 2.10. The molecule has 0 spiro atoms. The van der Waals surface area contributed by atoms with Crippen molar-refractivity contribution in [2.45, 2.75) is 13.3 Å². The Hall–Kier alpha value is -1.14. The Labute approximate surface area is 120 Å². The van der Waals surface area contributed by atoms with Gasteiger partial charge in [-0.1, -0.05) is 6.92 Å². The normalized spacial score (nSPS) is 12.0. The van der Waals surface area contributed by atoms with E-state index in [0.717, 1.165) is 0 Å². The summed E-state index contributed by atoms with van der Waals surface area (Å²) in [7, 11) is 0. The molecular formula is C13H17BrFNO3. The number of halogens is 2. The van der Waals surface area contributed by atoms with Crippen LogP contribution >= 0.6 is 15.9 Å². The Morgan fingerprint density at radius 2 is 2.32 bits per heavy atom. The monoisotopic (exact) mass is 333 g/mol. The summed E-state index contributed by atoms with van der Waals surface area (Å²) in [4.78, 5) is 11.5. The molecule has 0 bridgehead atoms. The standard InChI is InChI=1S/C13H17BrFNO3/c1-9(4-5-17)7-16-13(18)8-19-12-3-2-10(15)6-11(12)14/h2-3,6,9,17H,4-5,7-8H2,1H3,(H,16,18). The molecule has 6 heteroatoms. The van der Waals surface area contributed by atoms with Crippen molar-refractivity contribution in [1.82, 2.24) is 5.32 Å². The quantitative estimate of drug-likeness (QED) is 0.803. The van der Waals surface area contributed by atoms with E-state index < -0.39 is 0 Å². The average molecular weight is 334 g/mol. The minimum absolute atomic E-state index is 0.107. The molecule has 106 valence electrons. The minimum atomic E-state index is -0.374. The number of aliphatic hydroxyl groups is 1. The van der Waals surface area contributed by atoms with Gasteiger partial charge in [-0.15, -0.1) is 0 Å². The summed E-state index contributed by atoms with van der Waals surface area (Å²) >= 11 is 3.16. The molecule has 0 aliphatic carbocycles. The number of amides is 1. The van der Waals surface area contributed by atoms with Gasteiger partial charge in [0, 0.05) is 13.2 Å². The van der Waals surface area contributed by atoms with E-state index in [0.29, 0.717) is 23.2 Å². The zero-order valence-corrected chi connectivity index (χ0v) is 12.2. The fourth-order valence-electron chi connectivity index (χ4n) is 1.40. The maximum Gasteiger partial charge on any atom is 0.257 e. The summed E-state index contributed by atoms with van der Waals surface area (Å²) in [6.45, 7) is 2.41. The van der Waals surface area contributed by atoms with Gasteiger partial charge in [-0.3, -0.25) is 4.79 Å². The number of aliphatic hydroxyl groups excluding tert-OH is 1. The van der Waals surface area contributed by atoms with Crippen LogP contribution in [0.5, 0.6) is 5.75 Å². The summed E-state index contributed by atoms with van der Waals surface area (Å²) in [6, 6.07) is 4.00. The molecule has 0 heterocycles. The third kappa shape index (κ3) is 6.02. The Morgan fingerprint density at radius 1 is 1.58 bits per heavy atom. The second-order valence-corrected chi connectivity index (χ2v) is 5.14.